The highest BCUT2D eigenvalue weighted by molar-refractivity contribution is 5.86. The van der Waals surface area contributed by atoms with Crippen LogP contribution in [-0.4, -0.2) is 24.2 Å². The van der Waals surface area contributed by atoms with E-state index in [2.05, 4.69) is 16.4 Å². The molecule has 1 aromatic carbocycles. The third-order valence-corrected chi connectivity index (χ3v) is 3.35. The Labute approximate surface area is 112 Å². The van der Waals surface area contributed by atoms with Crippen molar-refractivity contribution in [2.45, 2.75) is 18.9 Å². The van der Waals surface area contributed by atoms with Crippen molar-refractivity contribution in [3.8, 4) is 6.07 Å². The zero-order valence-electron chi connectivity index (χ0n) is 10.6. The standard InChI is InChI=1S/C15H15N3O/c16-9-11-8-15(17-12-4-3-7-19-10-12)18-14-6-2-1-5-13(11)14/h1-2,5-6,8,12H,3-4,7,10H2,(H,17,18). The summed E-state index contributed by atoms with van der Waals surface area (Å²) >= 11 is 0. The van der Waals surface area contributed by atoms with E-state index < -0.39 is 0 Å². The molecule has 1 N–H and O–H groups in total. The van der Waals surface area contributed by atoms with Crippen LogP contribution in [0, 0.1) is 11.3 Å². The summed E-state index contributed by atoms with van der Waals surface area (Å²) < 4.78 is 5.44. The van der Waals surface area contributed by atoms with E-state index in [-0.39, 0.29) is 6.04 Å². The number of fused-ring (bicyclic) bond motifs is 1. The lowest BCUT2D eigenvalue weighted by molar-refractivity contribution is 0.0875. The van der Waals surface area contributed by atoms with Gasteiger partial charge in [-0.2, -0.15) is 5.26 Å². The third kappa shape index (κ3) is 2.51. The Hall–Kier alpha value is -2.12. The van der Waals surface area contributed by atoms with Gasteiger partial charge in [-0.1, -0.05) is 18.2 Å². The third-order valence-electron chi connectivity index (χ3n) is 3.35. The van der Waals surface area contributed by atoms with Gasteiger partial charge in [-0.15, -0.1) is 0 Å². The lowest BCUT2D eigenvalue weighted by atomic mass is 10.1. The molecule has 1 atom stereocenters. The zero-order chi connectivity index (χ0) is 13.1. The van der Waals surface area contributed by atoms with Gasteiger partial charge in [0.25, 0.3) is 0 Å². The minimum absolute atomic E-state index is 0.286. The van der Waals surface area contributed by atoms with E-state index in [1.165, 1.54) is 0 Å². The molecule has 2 aromatic rings. The summed E-state index contributed by atoms with van der Waals surface area (Å²) in [7, 11) is 0. The van der Waals surface area contributed by atoms with Gasteiger partial charge in [0.1, 0.15) is 5.82 Å². The van der Waals surface area contributed by atoms with Crippen molar-refractivity contribution in [3.63, 3.8) is 0 Å². The number of nitrogens with zero attached hydrogens (tertiary/aromatic N) is 2. The highest BCUT2D eigenvalue weighted by Gasteiger charge is 2.14. The van der Waals surface area contributed by atoms with Crippen LogP contribution >= 0.6 is 0 Å². The molecule has 0 aliphatic carbocycles. The Morgan fingerprint density at radius 1 is 1.37 bits per heavy atom. The molecule has 1 aliphatic rings. The van der Waals surface area contributed by atoms with Crippen molar-refractivity contribution in [1.82, 2.24) is 4.98 Å². The van der Waals surface area contributed by atoms with Gasteiger partial charge in [0.2, 0.25) is 0 Å². The zero-order valence-corrected chi connectivity index (χ0v) is 10.6. The molecule has 96 valence electrons. The number of benzene rings is 1. The highest BCUT2D eigenvalue weighted by atomic mass is 16.5. The molecule has 1 fully saturated rings. The smallest absolute Gasteiger partial charge is 0.128 e. The summed E-state index contributed by atoms with van der Waals surface area (Å²) in [6.07, 6.45) is 2.15. The fourth-order valence-corrected chi connectivity index (χ4v) is 2.41. The van der Waals surface area contributed by atoms with Gasteiger partial charge in [0, 0.05) is 12.0 Å². The fraction of sp³-hybridized carbons (Fsp3) is 0.333. The normalized spacial score (nSPS) is 19.0. The lowest BCUT2D eigenvalue weighted by Gasteiger charge is -2.23. The molecule has 3 rings (SSSR count). The second-order valence-electron chi connectivity index (χ2n) is 4.74. The van der Waals surface area contributed by atoms with E-state index in [0.717, 1.165) is 36.2 Å². The number of para-hydroxylation sites is 1. The molecule has 4 heteroatoms. The number of aromatic nitrogens is 1. The van der Waals surface area contributed by atoms with Gasteiger partial charge >= 0.3 is 0 Å². The Morgan fingerprint density at radius 3 is 3.05 bits per heavy atom. The summed E-state index contributed by atoms with van der Waals surface area (Å²) in [5.41, 5.74) is 1.51. The van der Waals surface area contributed by atoms with Crippen LogP contribution in [-0.2, 0) is 4.74 Å². The molecule has 0 saturated carbocycles. The topological polar surface area (TPSA) is 57.9 Å². The Balaban J connectivity index is 1.93. The fourth-order valence-electron chi connectivity index (χ4n) is 2.41. The summed E-state index contributed by atoms with van der Waals surface area (Å²) in [5, 5.41) is 13.5. The SMILES string of the molecule is N#Cc1cc(NC2CCCOC2)nc2ccccc12. The highest BCUT2D eigenvalue weighted by Crippen LogP contribution is 2.21. The maximum absolute atomic E-state index is 9.24. The first-order chi connectivity index (χ1) is 9.36. The molecule has 2 heterocycles. The van der Waals surface area contributed by atoms with Crippen molar-refractivity contribution in [2.75, 3.05) is 18.5 Å². The van der Waals surface area contributed by atoms with Crippen molar-refractivity contribution < 1.29 is 4.74 Å². The number of hydrogen-bond acceptors (Lipinski definition) is 4. The largest absolute Gasteiger partial charge is 0.379 e. The van der Waals surface area contributed by atoms with Crippen LogP contribution in [0.5, 0.6) is 0 Å². The molecule has 0 spiro atoms. The Kier molecular flexibility index (Phi) is 3.30. The van der Waals surface area contributed by atoms with Gasteiger partial charge < -0.3 is 10.1 Å². The molecule has 19 heavy (non-hydrogen) atoms. The van der Waals surface area contributed by atoms with Crippen LogP contribution < -0.4 is 5.32 Å². The van der Waals surface area contributed by atoms with Gasteiger partial charge in [-0.3, -0.25) is 0 Å². The second kappa shape index (κ2) is 5.25. The molecule has 1 aromatic heterocycles. The minimum atomic E-state index is 0.286. The number of nitrogens with one attached hydrogen (secondary N) is 1. The molecule has 4 nitrogen and oxygen atoms in total. The van der Waals surface area contributed by atoms with E-state index in [1.807, 2.05) is 30.3 Å². The number of anilines is 1. The molecule has 0 amide bonds. The molecule has 1 aliphatic heterocycles. The van der Waals surface area contributed by atoms with Gasteiger partial charge in [-0.25, -0.2) is 4.98 Å². The second-order valence-corrected chi connectivity index (χ2v) is 4.74. The van der Waals surface area contributed by atoms with Gasteiger partial charge in [0.05, 0.1) is 29.8 Å². The summed E-state index contributed by atoms with van der Waals surface area (Å²) in [4.78, 5) is 4.56. The summed E-state index contributed by atoms with van der Waals surface area (Å²) in [5.74, 6) is 0.755. The average Bonchev–Trinajstić information content (AvgIpc) is 2.47. The molecular weight excluding hydrogens is 238 g/mol. The predicted octanol–water partition coefficient (Wildman–Crippen LogP) is 2.70. The maximum Gasteiger partial charge on any atom is 0.128 e. The van der Waals surface area contributed by atoms with Crippen LogP contribution in [0.1, 0.15) is 18.4 Å². The predicted molar refractivity (Wildman–Crippen MR) is 73.9 cm³/mol. The Morgan fingerprint density at radius 2 is 2.26 bits per heavy atom. The number of pyridine rings is 1. The summed E-state index contributed by atoms with van der Waals surface area (Å²) in [6.45, 7) is 1.54. The first-order valence-corrected chi connectivity index (χ1v) is 6.51. The van der Waals surface area contributed by atoms with Crippen LogP contribution in [0.25, 0.3) is 10.9 Å². The van der Waals surface area contributed by atoms with Crippen LogP contribution in [0.15, 0.2) is 30.3 Å². The lowest BCUT2D eigenvalue weighted by Crippen LogP contribution is -2.30. The number of hydrogen-bond donors (Lipinski definition) is 1. The molecular formula is C15H15N3O. The quantitative estimate of drug-likeness (QED) is 0.894. The molecule has 0 radical (unpaired) electrons. The maximum atomic E-state index is 9.24. The minimum Gasteiger partial charge on any atom is -0.379 e. The Bertz CT molecular complexity index is 627. The van der Waals surface area contributed by atoms with Crippen LogP contribution in [0.4, 0.5) is 5.82 Å². The number of ether oxygens (including phenoxy) is 1. The van der Waals surface area contributed by atoms with E-state index in [0.29, 0.717) is 12.2 Å². The van der Waals surface area contributed by atoms with Gasteiger partial charge in [-0.05, 0) is 25.0 Å². The monoisotopic (exact) mass is 253 g/mol. The molecule has 1 saturated heterocycles. The van der Waals surface area contributed by atoms with E-state index in [1.54, 1.807) is 0 Å². The van der Waals surface area contributed by atoms with E-state index >= 15 is 0 Å². The van der Waals surface area contributed by atoms with E-state index in [4.69, 9.17) is 4.74 Å². The molecule has 1 unspecified atom stereocenters. The van der Waals surface area contributed by atoms with Crippen molar-refractivity contribution in [3.05, 3.63) is 35.9 Å². The van der Waals surface area contributed by atoms with Crippen LogP contribution in [0.3, 0.4) is 0 Å². The van der Waals surface area contributed by atoms with Crippen molar-refractivity contribution in [1.29, 1.82) is 5.26 Å². The average molecular weight is 253 g/mol. The van der Waals surface area contributed by atoms with Crippen molar-refractivity contribution >= 4 is 16.7 Å². The van der Waals surface area contributed by atoms with Gasteiger partial charge in [0.15, 0.2) is 0 Å². The number of nitriles is 1. The molecule has 0 bridgehead atoms. The van der Waals surface area contributed by atoms with E-state index in [9.17, 15) is 5.26 Å². The van der Waals surface area contributed by atoms with Crippen molar-refractivity contribution in [2.24, 2.45) is 0 Å². The van der Waals surface area contributed by atoms with Crippen LogP contribution in [0.2, 0.25) is 0 Å². The number of rotatable bonds is 2. The first-order valence-electron chi connectivity index (χ1n) is 6.51. The first kappa shape index (κ1) is 11.9. The summed E-state index contributed by atoms with van der Waals surface area (Å²) in [6, 6.07) is 12.1.